The van der Waals surface area contributed by atoms with Gasteiger partial charge in [0, 0.05) is 12.5 Å². The van der Waals surface area contributed by atoms with Crippen molar-refractivity contribution < 1.29 is 4.79 Å². The summed E-state index contributed by atoms with van der Waals surface area (Å²) in [5, 5.41) is 3.04. The Morgan fingerprint density at radius 3 is 1.73 bits per heavy atom. The molecule has 0 saturated carbocycles. The molecule has 3 heteroatoms. The predicted octanol–water partition coefficient (Wildman–Crippen LogP) is 3.50. The van der Waals surface area contributed by atoms with E-state index in [0.29, 0.717) is 13.0 Å². The van der Waals surface area contributed by atoms with E-state index in [4.69, 9.17) is 5.73 Å². The Hall–Kier alpha value is -2.91. The van der Waals surface area contributed by atoms with Gasteiger partial charge < -0.3 is 11.1 Å². The van der Waals surface area contributed by atoms with Crippen LogP contribution in [0.3, 0.4) is 0 Å². The summed E-state index contributed by atoms with van der Waals surface area (Å²) in [5.74, 6) is -0.0176. The number of hydrogen-bond acceptors (Lipinski definition) is 2. The molecule has 0 spiro atoms. The van der Waals surface area contributed by atoms with Crippen LogP contribution in [0.1, 0.15) is 22.6 Å². The first kappa shape index (κ1) is 17.9. The average Bonchev–Trinajstić information content (AvgIpc) is 2.70. The minimum atomic E-state index is -0.551. The first-order chi connectivity index (χ1) is 12.7. The van der Waals surface area contributed by atoms with Crippen molar-refractivity contribution in [2.24, 2.45) is 5.73 Å². The zero-order chi connectivity index (χ0) is 18.2. The van der Waals surface area contributed by atoms with Gasteiger partial charge in [-0.2, -0.15) is 0 Å². The van der Waals surface area contributed by atoms with Crippen molar-refractivity contribution in [1.29, 1.82) is 0 Å². The molecule has 0 aliphatic heterocycles. The van der Waals surface area contributed by atoms with Crippen molar-refractivity contribution in [3.8, 4) is 0 Å². The summed E-state index contributed by atoms with van der Waals surface area (Å²) in [6.45, 7) is 0.523. The number of hydrogen-bond donors (Lipinski definition) is 2. The number of nitrogens with one attached hydrogen (secondary N) is 1. The summed E-state index contributed by atoms with van der Waals surface area (Å²) in [6, 6.07) is 29.8. The molecule has 3 rings (SSSR count). The minimum Gasteiger partial charge on any atom is -0.354 e. The van der Waals surface area contributed by atoms with Gasteiger partial charge in [0.1, 0.15) is 0 Å². The third-order valence-electron chi connectivity index (χ3n) is 4.52. The standard InChI is InChI=1S/C23H24N2O/c24-22(16-18-10-4-1-5-11-18)23(26)25-17-21(19-12-6-2-7-13-19)20-14-8-3-9-15-20/h1-15,21-22H,16-17,24H2,(H,25,26)/t22-/m1/s1. The van der Waals surface area contributed by atoms with Crippen LogP contribution in [0.2, 0.25) is 0 Å². The molecule has 3 aromatic rings. The smallest absolute Gasteiger partial charge is 0.237 e. The molecule has 0 aliphatic rings. The van der Waals surface area contributed by atoms with Crippen molar-refractivity contribution in [2.75, 3.05) is 6.54 Å². The summed E-state index contributed by atoms with van der Waals surface area (Å²) in [4.78, 5) is 12.5. The van der Waals surface area contributed by atoms with Crippen LogP contribution in [0.4, 0.5) is 0 Å². The predicted molar refractivity (Wildman–Crippen MR) is 106 cm³/mol. The van der Waals surface area contributed by atoms with Gasteiger partial charge in [-0.3, -0.25) is 4.79 Å². The van der Waals surface area contributed by atoms with Gasteiger partial charge in [-0.1, -0.05) is 91.0 Å². The van der Waals surface area contributed by atoms with Crippen LogP contribution >= 0.6 is 0 Å². The molecule has 3 aromatic carbocycles. The number of benzene rings is 3. The minimum absolute atomic E-state index is 0.102. The Labute approximate surface area is 154 Å². The number of amides is 1. The molecule has 0 aromatic heterocycles. The monoisotopic (exact) mass is 344 g/mol. The Morgan fingerprint density at radius 1 is 0.769 bits per heavy atom. The average molecular weight is 344 g/mol. The topological polar surface area (TPSA) is 55.1 Å². The maximum absolute atomic E-state index is 12.5. The third kappa shape index (κ3) is 4.80. The lowest BCUT2D eigenvalue weighted by atomic mass is 9.91. The zero-order valence-electron chi connectivity index (χ0n) is 14.7. The van der Waals surface area contributed by atoms with Crippen LogP contribution in [0.5, 0.6) is 0 Å². The molecule has 3 N–H and O–H groups in total. The van der Waals surface area contributed by atoms with E-state index < -0.39 is 6.04 Å². The normalized spacial score (nSPS) is 11.9. The van der Waals surface area contributed by atoms with E-state index in [1.165, 1.54) is 11.1 Å². The quantitative estimate of drug-likeness (QED) is 0.689. The fraction of sp³-hybridized carbons (Fsp3) is 0.174. The van der Waals surface area contributed by atoms with Crippen LogP contribution in [0, 0.1) is 0 Å². The summed E-state index contributed by atoms with van der Waals surface area (Å²) >= 11 is 0. The van der Waals surface area contributed by atoms with Crippen molar-refractivity contribution in [3.63, 3.8) is 0 Å². The molecular weight excluding hydrogens is 320 g/mol. The van der Waals surface area contributed by atoms with Crippen molar-refractivity contribution in [2.45, 2.75) is 18.4 Å². The summed E-state index contributed by atoms with van der Waals surface area (Å²) in [7, 11) is 0. The molecular formula is C23H24N2O. The van der Waals surface area contributed by atoms with E-state index in [1.807, 2.05) is 66.7 Å². The van der Waals surface area contributed by atoms with Gasteiger partial charge >= 0.3 is 0 Å². The van der Waals surface area contributed by atoms with Crippen LogP contribution in [-0.2, 0) is 11.2 Å². The lowest BCUT2D eigenvalue weighted by Crippen LogP contribution is -2.43. The second kappa shape index (κ2) is 8.97. The number of carbonyl (C=O) groups is 1. The fourth-order valence-corrected chi connectivity index (χ4v) is 3.09. The van der Waals surface area contributed by atoms with Gasteiger partial charge in [0.2, 0.25) is 5.91 Å². The highest BCUT2D eigenvalue weighted by molar-refractivity contribution is 5.81. The SMILES string of the molecule is N[C@H](Cc1ccccc1)C(=O)NCC(c1ccccc1)c1ccccc1. The van der Waals surface area contributed by atoms with Crippen LogP contribution < -0.4 is 11.1 Å². The Bertz CT molecular complexity index is 764. The summed E-state index contributed by atoms with van der Waals surface area (Å²) in [6.07, 6.45) is 0.536. The Balaban J connectivity index is 1.67. The van der Waals surface area contributed by atoms with Crippen molar-refractivity contribution in [3.05, 3.63) is 108 Å². The van der Waals surface area contributed by atoms with E-state index in [9.17, 15) is 4.79 Å². The Morgan fingerprint density at radius 2 is 1.23 bits per heavy atom. The van der Waals surface area contributed by atoms with Crippen LogP contribution in [0.25, 0.3) is 0 Å². The lowest BCUT2D eigenvalue weighted by Gasteiger charge is -2.20. The zero-order valence-corrected chi connectivity index (χ0v) is 14.7. The number of nitrogens with two attached hydrogens (primary N) is 1. The van der Waals surface area contributed by atoms with Crippen molar-refractivity contribution >= 4 is 5.91 Å². The van der Waals surface area contributed by atoms with Crippen LogP contribution in [-0.4, -0.2) is 18.5 Å². The van der Waals surface area contributed by atoms with Gasteiger partial charge in [0.05, 0.1) is 6.04 Å². The highest BCUT2D eigenvalue weighted by Gasteiger charge is 2.18. The van der Waals surface area contributed by atoms with E-state index in [2.05, 4.69) is 29.6 Å². The Kier molecular flexibility index (Phi) is 6.18. The number of rotatable bonds is 7. The first-order valence-electron chi connectivity index (χ1n) is 8.91. The molecule has 0 unspecified atom stereocenters. The molecule has 0 fully saturated rings. The highest BCUT2D eigenvalue weighted by Crippen LogP contribution is 2.23. The molecule has 1 atom stereocenters. The number of carbonyl (C=O) groups excluding carboxylic acids is 1. The van der Waals surface area contributed by atoms with Gasteiger partial charge in [-0.05, 0) is 23.1 Å². The molecule has 0 saturated heterocycles. The molecule has 0 heterocycles. The first-order valence-corrected chi connectivity index (χ1v) is 8.91. The van der Waals surface area contributed by atoms with Gasteiger partial charge in [-0.25, -0.2) is 0 Å². The van der Waals surface area contributed by atoms with E-state index >= 15 is 0 Å². The summed E-state index contributed by atoms with van der Waals surface area (Å²) < 4.78 is 0. The van der Waals surface area contributed by atoms with Gasteiger partial charge in [0.25, 0.3) is 0 Å². The highest BCUT2D eigenvalue weighted by atomic mass is 16.2. The second-order valence-electron chi connectivity index (χ2n) is 6.42. The molecule has 132 valence electrons. The molecule has 26 heavy (non-hydrogen) atoms. The van der Waals surface area contributed by atoms with Gasteiger partial charge in [-0.15, -0.1) is 0 Å². The van der Waals surface area contributed by atoms with Crippen LogP contribution in [0.15, 0.2) is 91.0 Å². The van der Waals surface area contributed by atoms with Crippen molar-refractivity contribution in [1.82, 2.24) is 5.32 Å². The molecule has 1 amide bonds. The molecule has 3 nitrogen and oxygen atoms in total. The largest absolute Gasteiger partial charge is 0.354 e. The van der Waals surface area contributed by atoms with Gasteiger partial charge in [0.15, 0.2) is 0 Å². The molecule has 0 radical (unpaired) electrons. The second-order valence-corrected chi connectivity index (χ2v) is 6.42. The molecule has 0 bridgehead atoms. The van der Waals surface area contributed by atoms with E-state index in [1.54, 1.807) is 0 Å². The maximum atomic E-state index is 12.5. The van der Waals surface area contributed by atoms with E-state index in [-0.39, 0.29) is 11.8 Å². The van der Waals surface area contributed by atoms with E-state index in [0.717, 1.165) is 5.56 Å². The fourth-order valence-electron chi connectivity index (χ4n) is 3.09. The third-order valence-corrected chi connectivity index (χ3v) is 4.52. The summed E-state index contributed by atoms with van der Waals surface area (Å²) in [5.41, 5.74) is 9.52. The molecule has 0 aliphatic carbocycles. The lowest BCUT2D eigenvalue weighted by molar-refractivity contribution is -0.122. The maximum Gasteiger partial charge on any atom is 0.237 e.